The first-order chi connectivity index (χ1) is 9.90. The number of aromatic hydroxyl groups is 1. The first kappa shape index (κ1) is 15.5. The number of phenolic OH excluding ortho intramolecular Hbond substituents is 1. The Hall–Kier alpha value is -1.91. The molecule has 0 heterocycles. The lowest BCUT2D eigenvalue weighted by molar-refractivity contribution is 0.0782. The van der Waals surface area contributed by atoms with Gasteiger partial charge in [0.1, 0.15) is 0 Å². The highest BCUT2D eigenvalue weighted by atomic mass is 35.5. The summed E-state index contributed by atoms with van der Waals surface area (Å²) in [6.07, 6.45) is 0. The Bertz CT molecular complexity index is 689. The maximum absolute atomic E-state index is 12.3. The van der Waals surface area contributed by atoms with Crippen LogP contribution in [0.5, 0.6) is 5.75 Å². The molecule has 1 amide bonds. The van der Waals surface area contributed by atoms with Gasteiger partial charge in [0, 0.05) is 23.6 Å². The van der Waals surface area contributed by atoms with E-state index in [0.717, 1.165) is 5.56 Å². The molecule has 2 aromatic carbocycles. The zero-order valence-electron chi connectivity index (χ0n) is 11.3. The van der Waals surface area contributed by atoms with Crippen molar-refractivity contribution in [3.05, 3.63) is 57.6 Å². The molecule has 0 spiro atoms. The highest BCUT2D eigenvalue weighted by molar-refractivity contribution is 6.35. The van der Waals surface area contributed by atoms with Crippen molar-refractivity contribution in [2.75, 3.05) is 12.8 Å². The minimum absolute atomic E-state index is 0.155. The zero-order valence-corrected chi connectivity index (χ0v) is 12.8. The van der Waals surface area contributed by atoms with Crippen molar-refractivity contribution in [1.82, 2.24) is 4.90 Å². The summed E-state index contributed by atoms with van der Waals surface area (Å²) in [5.41, 5.74) is 6.68. The maximum Gasteiger partial charge on any atom is 0.257 e. The van der Waals surface area contributed by atoms with Crippen LogP contribution in [0.25, 0.3) is 0 Å². The number of benzene rings is 2. The van der Waals surface area contributed by atoms with Crippen LogP contribution in [0.4, 0.5) is 5.69 Å². The lowest BCUT2D eigenvalue weighted by Gasteiger charge is -2.19. The first-order valence-electron chi connectivity index (χ1n) is 6.17. The van der Waals surface area contributed by atoms with Gasteiger partial charge in [-0.25, -0.2) is 0 Å². The Kier molecular flexibility index (Phi) is 4.60. The largest absolute Gasteiger partial charge is 0.505 e. The smallest absolute Gasteiger partial charge is 0.257 e. The summed E-state index contributed by atoms with van der Waals surface area (Å²) in [4.78, 5) is 13.8. The van der Waals surface area contributed by atoms with Gasteiger partial charge in [-0.05, 0) is 29.8 Å². The van der Waals surface area contributed by atoms with E-state index < -0.39 is 0 Å². The molecule has 0 bridgehead atoms. The van der Waals surface area contributed by atoms with E-state index in [1.165, 1.54) is 17.0 Å². The normalized spacial score (nSPS) is 10.4. The SMILES string of the molecule is CN(Cc1ccc(Cl)cc1Cl)C(=O)c1cccc(N)c1O. The number of para-hydroxylation sites is 1. The highest BCUT2D eigenvalue weighted by Crippen LogP contribution is 2.27. The lowest BCUT2D eigenvalue weighted by Crippen LogP contribution is -2.26. The molecule has 0 aromatic heterocycles. The van der Waals surface area contributed by atoms with Crippen LogP contribution >= 0.6 is 23.2 Å². The average Bonchev–Trinajstić information content (AvgIpc) is 2.44. The number of halogens is 2. The summed E-state index contributed by atoms with van der Waals surface area (Å²) < 4.78 is 0. The quantitative estimate of drug-likeness (QED) is 0.670. The number of rotatable bonds is 3. The molecular formula is C15H14Cl2N2O2. The van der Waals surface area contributed by atoms with Crippen molar-refractivity contribution in [2.45, 2.75) is 6.54 Å². The van der Waals surface area contributed by atoms with E-state index in [0.29, 0.717) is 16.6 Å². The molecule has 2 rings (SSSR count). The van der Waals surface area contributed by atoms with E-state index in [1.54, 1.807) is 31.3 Å². The van der Waals surface area contributed by atoms with E-state index in [1.807, 2.05) is 0 Å². The zero-order chi connectivity index (χ0) is 15.6. The van der Waals surface area contributed by atoms with Crippen LogP contribution in [0.2, 0.25) is 10.0 Å². The van der Waals surface area contributed by atoms with Crippen LogP contribution in [0.3, 0.4) is 0 Å². The lowest BCUT2D eigenvalue weighted by atomic mass is 10.1. The fraction of sp³-hybridized carbons (Fsp3) is 0.133. The van der Waals surface area contributed by atoms with Gasteiger partial charge >= 0.3 is 0 Å². The van der Waals surface area contributed by atoms with Crippen LogP contribution in [0, 0.1) is 0 Å². The molecule has 6 heteroatoms. The summed E-state index contributed by atoms with van der Waals surface area (Å²) in [6, 6.07) is 9.75. The molecule has 21 heavy (non-hydrogen) atoms. The van der Waals surface area contributed by atoms with Crippen LogP contribution in [0.15, 0.2) is 36.4 Å². The minimum atomic E-state index is -0.342. The van der Waals surface area contributed by atoms with Crippen LogP contribution in [-0.2, 0) is 6.54 Å². The van der Waals surface area contributed by atoms with E-state index >= 15 is 0 Å². The fourth-order valence-electron chi connectivity index (χ4n) is 1.92. The van der Waals surface area contributed by atoms with E-state index in [2.05, 4.69) is 0 Å². The summed E-state index contributed by atoms with van der Waals surface area (Å²) in [6.45, 7) is 0.295. The molecule has 0 atom stereocenters. The molecule has 0 aliphatic carbocycles. The molecular weight excluding hydrogens is 311 g/mol. The topological polar surface area (TPSA) is 66.6 Å². The van der Waals surface area contributed by atoms with Crippen molar-refractivity contribution in [3.8, 4) is 5.75 Å². The predicted molar refractivity (Wildman–Crippen MR) is 84.8 cm³/mol. The number of nitrogen functional groups attached to an aromatic ring is 1. The fourth-order valence-corrected chi connectivity index (χ4v) is 2.39. The van der Waals surface area contributed by atoms with E-state index in [-0.39, 0.29) is 22.9 Å². The standard InChI is InChI=1S/C15H14Cl2N2O2/c1-19(8-9-5-6-10(16)7-12(9)17)15(21)11-3-2-4-13(18)14(11)20/h2-7,20H,8,18H2,1H3. The number of carbonyl (C=O) groups is 1. The van der Waals surface area contributed by atoms with Gasteiger partial charge in [-0.2, -0.15) is 0 Å². The number of amides is 1. The van der Waals surface area contributed by atoms with Crippen LogP contribution < -0.4 is 5.73 Å². The van der Waals surface area contributed by atoms with Gasteiger partial charge < -0.3 is 15.7 Å². The average molecular weight is 325 g/mol. The number of carbonyl (C=O) groups excluding carboxylic acids is 1. The second-order valence-corrected chi connectivity index (χ2v) is 5.48. The van der Waals surface area contributed by atoms with Gasteiger partial charge in [-0.1, -0.05) is 35.3 Å². The minimum Gasteiger partial charge on any atom is -0.505 e. The second kappa shape index (κ2) is 6.24. The molecule has 0 saturated carbocycles. The number of nitrogens with zero attached hydrogens (tertiary/aromatic N) is 1. The first-order valence-corrected chi connectivity index (χ1v) is 6.92. The summed E-state index contributed by atoms with van der Waals surface area (Å²) in [7, 11) is 1.62. The van der Waals surface area contributed by atoms with Crippen molar-refractivity contribution in [1.29, 1.82) is 0 Å². The number of phenols is 1. The third kappa shape index (κ3) is 3.40. The third-order valence-corrected chi connectivity index (χ3v) is 3.65. The molecule has 0 unspecified atom stereocenters. The molecule has 2 aromatic rings. The van der Waals surface area contributed by atoms with Gasteiger partial charge in [0.15, 0.2) is 5.75 Å². The van der Waals surface area contributed by atoms with Crippen LogP contribution in [0.1, 0.15) is 15.9 Å². The van der Waals surface area contributed by atoms with Gasteiger partial charge in [0.2, 0.25) is 0 Å². The van der Waals surface area contributed by atoms with Gasteiger partial charge in [-0.3, -0.25) is 4.79 Å². The van der Waals surface area contributed by atoms with Gasteiger partial charge in [0.05, 0.1) is 11.3 Å². The number of anilines is 1. The Balaban J connectivity index is 2.21. The van der Waals surface area contributed by atoms with E-state index in [4.69, 9.17) is 28.9 Å². The predicted octanol–water partition coefficient (Wildman–Crippen LogP) is 3.55. The monoisotopic (exact) mass is 324 g/mol. The molecule has 0 fully saturated rings. The van der Waals surface area contributed by atoms with Crippen LogP contribution in [-0.4, -0.2) is 23.0 Å². The molecule has 0 aliphatic heterocycles. The number of hydrogen-bond donors (Lipinski definition) is 2. The molecule has 110 valence electrons. The van der Waals surface area contributed by atoms with Crippen molar-refractivity contribution in [2.24, 2.45) is 0 Å². The molecule has 3 N–H and O–H groups in total. The summed E-state index contributed by atoms with van der Waals surface area (Å²) in [5.74, 6) is -0.553. The molecule has 4 nitrogen and oxygen atoms in total. The van der Waals surface area contributed by atoms with Gasteiger partial charge in [0.25, 0.3) is 5.91 Å². The highest BCUT2D eigenvalue weighted by Gasteiger charge is 2.18. The Morgan fingerprint density at radius 3 is 2.67 bits per heavy atom. The van der Waals surface area contributed by atoms with Crippen molar-refractivity contribution < 1.29 is 9.90 Å². The van der Waals surface area contributed by atoms with Crippen molar-refractivity contribution in [3.63, 3.8) is 0 Å². The maximum atomic E-state index is 12.3. The third-order valence-electron chi connectivity index (χ3n) is 3.07. The Morgan fingerprint density at radius 1 is 1.29 bits per heavy atom. The Morgan fingerprint density at radius 2 is 2.00 bits per heavy atom. The van der Waals surface area contributed by atoms with Crippen molar-refractivity contribution >= 4 is 34.8 Å². The number of hydrogen-bond acceptors (Lipinski definition) is 3. The summed E-state index contributed by atoms with van der Waals surface area (Å²) in [5, 5.41) is 10.9. The second-order valence-electron chi connectivity index (χ2n) is 4.64. The molecule has 0 aliphatic rings. The summed E-state index contributed by atoms with van der Waals surface area (Å²) >= 11 is 11.9. The number of nitrogens with two attached hydrogens (primary N) is 1. The van der Waals surface area contributed by atoms with E-state index in [9.17, 15) is 9.90 Å². The van der Waals surface area contributed by atoms with Gasteiger partial charge in [-0.15, -0.1) is 0 Å². The Labute approximate surface area is 132 Å². The molecule has 0 saturated heterocycles. The molecule has 0 radical (unpaired) electrons.